The number of aliphatic imine (C=N–C) groups is 1. The molecule has 7 heteroatoms. The fourth-order valence-electron chi connectivity index (χ4n) is 2.81. The fourth-order valence-corrected chi connectivity index (χ4v) is 2.81. The van der Waals surface area contributed by atoms with Gasteiger partial charge in [0.15, 0.2) is 5.78 Å². The smallest absolute Gasteiger partial charge is 0.876 e. The van der Waals surface area contributed by atoms with Gasteiger partial charge in [-0.25, -0.2) is 4.68 Å². The van der Waals surface area contributed by atoms with Crippen LogP contribution in [0.2, 0.25) is 0 Å². The summed E-state index contributed by atoms with van der Waals surface area (Å²) in [6, 6.07) is 14.1. The van der Waals surface area contributed by atoms with Crippen LogP contribution < -0.4 is 10.1 Å². The molecule has 0 spiro atoms. The summed E-state index contributed by atoms with van der Waals surface area (Å²) in [6.45, 7) is 2.70. The number of benzene rings is 1. The molecule has 0 atom stereocenters. The van der Waals surface area contributed by atoms with Crippen LogP contribution >= 0.6 is 0 Å². The van der Waals surface area contributed by atoms with Crippen molar-refractivity contribution in [2.75, 3.05) is 0 Å². The van der Waals surface area contributed by atoms with E-state index in [1.165, 1.54) is 13.8 Å². The summed E-state index contributed by atoms with van der Waals surface area (Å²) in [7, 11) is 0. The van der Waals surface area contributed by atoms with Crippen molar-refractivity contribution in [2.45, 2.75) is 13.8 Å². The number of carbonyl (C=O) groups is 1. The number of carbonyl (C=O) groups excluding carboxylic acids is 1. The molecule has 3 aromatic rings. The Balaban J connectivity index is 0.000000350. The molecule has 0 saturated carbocycles. The van der Waals surface area contributed by atoms with E-state index in [4.69, 9.17) is 0 Å². The molecule has 2 aromatic heterocycles. The number of aromatic nitrogens is 3. The Bertz CT molecular complexity index is 1060. The first kappa shape index (κ1) is 22.9. The zero-order valence-corrected chi connectivity index (χ0v) is 17.4. The van der Waals surface area contributed by atoms with E-state index in [1.807, 2.05) is 53.4 Å². The van der Waals surface area contributed by atoms with Crippen LogP contribution in [-0.2, 0) is 21.9 Å². The molecule has 3 heterocycles. The second-order valence-corrected chi connectivity index (χ2v) is 6.28. The Labute approximate surface area is 185 Å². The first-order valence-electron chi connectivity index (χ1n) is 9.04. The van der Waals surface area contributed by atoms with Crippen LogP contribution in [0.15, 0.2) is 95.7 Å². The van der Waals surface area contributed by atoms with Gasteiger partial charge < -0.3 is 10.1 Å². The van der Waals surface area contributed by atoms with Gasteiger partial charge in [-0.05, 0) is 54.5 Å². The number of hydrogen-bond donors (Lipinski definition) is 0. The maximum Gasteiger partial charge on any atom is 2.00 e. The van der Waals surface area contributed by atoms with Gasteiger partial charge in [-0.1, -0.05) is 31.2 Å². The fraction of sp³-hybridized carbons (Fsp3) is 0.0870. The molecule has 1 aliphatic rings. The van der Waals surface area contributed by atoms with Gasteiger partial charge in [-0.2, -0.15) is 11.3 Å². The average Bonchev–Trinajstić information content (AvgIpc) is 3.46. The van der Waals surface area contributed by atoms with Gasteiger partial charge in [0, 0.05) is 18.6 Å². The molecule has 0 N–H and O–H groups in total. The van der Waals surface area contributed by atoms with E-state index in [1.54, 1.807) is 18.6 Å². The Morgan fingerprint density at radius 1 is 1.13 bits per heavy atom. The van der Waals surface area contributed by atoms with Crippen LogP contribution in [0.3, 0.4) is 0 Å². The van der Waals surface area contributed by atoms with Crippen molar-refractivity contribution >= 4 is 17.6 Å². The topological polar surface area (TPSA) is 84.4 Å². The van der Waals surface area contributed by atoms with E-state index in [0.717, 1.165) is 34.3 Å². The predicted molar refractivity (Wildman–Crippen MR) is 111 cm³/mol. The number of nitrogens with zero attached hydrogens (tertiary/aromatic N) is 4. The number of ketones is 1. The monoisotopic (exact) mass is 447 g/mol. The Morgan fingerprint density at radius 3 is 2.37 bits per heavy atom. The minimum atomic E-state index is -0.187. The molecule has 0 aliphatic carbocycles. The maximum absolute atomic E-state index is 9.98. The number of allylic oxidation sites excluding steroid dienone is 4. The SMILES string of the molecule is C1=C/C(=C(\c2ccc(-n3cccn3)cc2)c2ccc[n-]2)N=C1.CC(=O)/C=C(/C)[O-].[Cu+2]. The van der Waals surface area contributed by atoms with E-state index in [0.29, 0.717) is 0 Å². The van der Waals surface area contributed by atoms with Crippen molar-refractivity contribution in [3.63, 3.8) is 0 Å². The minimum Gasteiger partial charge on any atom is -0.876 e. The van der Waals surface area contributed by atoms with Crippen molar-refractivity contribution in [3.8, 4) is 5.69 Å². The largest absolute Gasteiger partial charge is 2.00 e. The third-order valence-corrected chi connectivity index (χ3v) is 3.95. The first-order chi connectivity index (χ1) is 14.0. The molecular formula is C23H20CuN4O2. The Kier molecular flexibility index (Phi) is 8.35. The van der Waals surface area contributed by atoms with E-state index in [9.17, 15) is 9.90 Å². The van der Waals surface area contributed by atoms with Crippen molar-refractivity contribution in [1.29, 1.82) is 0 Å². The number of rotatable bonds is 4. The molecule has 0 fully saturated rings. The molecule has 0 unspecified atom stereocenters. The second kappa shape index (κ2) is 11.0. The third kappa shape index (κ3) is 6.04. The van der Waals surface area contributed by atoms with Gasteiger partial charge in [-0.15, -0.1) is 11.5 Å². The Hall–Kier alpha value is -3.41. The standard InChI is InChI=1S/C18H13N4.C5H8O2.Cu/c1-4-16(19-10-1)18(17-5-2-11-20-17)14-6-8-15(9-7-14)22-13-3-12-21-22;1-4(6)3-5(2)7;/h1-13H;3,6H,1-2H3;/q-1;;+2/p-1/b18-16-;4-3-;. The quantitative estimate of drug-likeness (QED) is 0.349. The van der Waals surface area contributed by atoms with Crippen LogP contribution in [0.25, 0.3) is 11.3 Å². The Morgan fingerprint density at radius 2 is 1.90 bits per heavy atom. The van der Waals surface area contributed by atoms with E-state index in [-0.39, 0.29) is 28.6 Å². The predicted octanol–water partition coefficient (Wildman–Crippen LogP) is 3.07. The summed E-state index contributed by atoms with van der Waals surface area (Å²) in [4.78, 5) is 18.8. The van der Waals surface area contributed by atoms with Gasteiger partial charge in [0.05, 0.1) is 11.4 Å². The average molecular weight is 448 g/mol. The normalized spacial score (nSPS) is 14.0. The van der Waals surface area contributed by atoms with Gasteiger partial charge in [-0.3, -0.25) is 9.79 Å². The molecule has 155 valence electrons. The molecule has 0 saturated heterocycles. The van der Waals surface area contributed by atoms with Gasteiger partial charge >= 0.3 is 17.1 Å². The van der Waals surface area contributed by atoms with Crippen LogP contribution in [0.5, 0.6) is 0 Å². The zero-order valence-electron chi connectivity index (χ0n) is 16.5. The summed E-state index contributed by atoms with van der Waals surface area (Å²) in [6.07, 6.45) is 12.3. The second-order valence-electron chi connectivity index (χ2n) is 6.28. The summed E-state index contributed by atoms with van der Waals surface area (Å²) in [5, 5.41) is 14.2. The molecule has 1 aliphatic heterocycles. The van der Waals surface area contributed by atoms with E-state index in [2.05, 4.69) is 27.2 Å². The summed E-state index contributed by atoms with van der Waals surface area (Å²) < 4.78 is 1.84. The van der Waals surface area contributed by atoms with Crippen LogP contribution in [0.4, 0.5) is 0 Å². The summed E-state index contributed by atoms with van der Waals surface area (Å²) in [5.41, 5.74) is 5.03. The maximum atomic E-state index is 9.98. The molecule has 30 heavy (non-hydrogen) atoms. The zero-order chi connectivity index (χ0) is 20.6. The molecular weight excluding hydrogens is 428 g/mol. The molecule has 4 rings (SSSR count). The molecule has 0 bridgehead atoms. The molecule has 1 radical (unpaired) electrons. The first-order valence-corrected chi connectivity index (χ1v) is 9.04. The van der Waals surface area contributed by atoms with Gasteiger partial charge in [0.1, 0.15) is 0 Å². The van der Waals surface area contributed by atoms with Crippen LogP contribution in [0.1, 0.15) is 25.1 Å². The van der Waals surface area contributed by atoms with E-state index < -0.39 is 0 Å². The molecule has 1 aromatic carbocycles. The van der Waals surface area contributed by atoms with E-state index >= 15 is 0 Å². The molecule has 0 amide bonds. The minimum absolute atomic E-state index is 0. The van der Waals surface area contributed by atoms with Crippen molar-refractivity contribution in [3.05, 3.63) is 102 Å². The van der Waals surface area contributed by atoms with Gasteiger partial charge in [0.25, 0.3) is 0 Å². The van der Waals surface area contributed by atoms with Crippen LogP contribution in [0, 0.1) is 0 Å². The van der Waals surface area contributed by atoms with Crippen molar-refractivity contribution in [2.24, 2.45) is 4.99 Å². The van der Waals surface area contributed by atoms with Gasteiger partial charge in [0.2, 0.25) is 0 Å². The molecule has 6 nitrogen and oxygen atoms in total. The number of hydrogen-bond acceptors (Lipinski definition) is 4. The summed E-state index contributed by atoms with van der Waals surface area (Å²) in [5.74, 6) is -0.375. The van der Waals surface area contributed by atoms with Crippen molar-refractivity contribution in [1.82, 2.24) is 14.8 Å². The van der Waals surface area contributed by atoms with Crippen LogP contribution in [-0.4, -0.2) is 21.8 Å². The van der Waals surface area contributed by atoms with Crippen molar-refractivity contribution < 1.29 is 27.0 Å². The third-order valence-electron chi connectivity index (χ3n) is 3.95. The summed E-state index contributed by atoms with van der Waals surface area (Å²) >= 11 is 0.